The first-order chi connectivity index (χ1) is 16.7. The van der Waals surface area contributed by atoms with E-state index in [1.807, 2.05) is 18.2 Å². The third kappa shape index (κ3) is 6.94. The van der Waals surface area contributed by atoms with Gasteiger partial charge in [-0.2, -0.15) is 0 Å². The molecule has 0 unspecified atom stereocenters. The van der Waals surface area contributed by atoms with Gasteiger partial charge in [-0.15, -0.1) is 0 Å². The van der Waals surface area contributed by atoms with Crippen LogP contribution < -0.4 is 10.1 Å². The number of carbonyl (C=O) groups excluding carboxylic acids is 1. The predicted molar refractivity (Wildman–Crippen MR) is 135 cm³/mol. The second-order valence-electron chi connectivity index (χ2n) is 9.09. The maximum absolute atomic E-state index is 12.8. The molecule has 1 amide bonds. The lowest BCUT2D eigenvalue weighted by molar-refractivity contribution is 0.0954. The summed E-state index contributed by atoms with van der Waals surface area (Å²) in [5.41, 5.74) is 5.32. The Bertz CT molecular complexity index is 1050. The average molecular weight is 461 g/mol. The minimum atomic E-state index is -0.0642. The highest BCUT2D eigenvalue weighted by atomic mass is 16.5. The zero-order valence-electron chi connectivity index (χ0n) is 20.2. The van der Waals surface area contributed by atoms with Crippen molar-refractivity contribution in [2.75, 3.05) is 26.2 Å². The Balaban J connectivity index is 1.51. The number of aromatic nitrogens is 2. The van der Waals surface area contributed by atoms with Crippen LogP contribution in [0.15, 0.2) is 55.0 Å². The van der Waals surface area contributed by atoms with Gasteiger partial charge in [-0.1, -0.05) is 31.2 Å². The molecule has 1 aliphatic heterocycles. The van der Waals surface area contributed by atoms with Crippen molar-refractivity contribution in [3.63, 3.8) is 0 Å². The van der Waals surface area contributed by atoms with Crippen molar-refractivity contribution >= 4 is 5.91 Å². The van der Waals surface area contributed by atoms with E-state index in [2.05, 4.69) is 51.4 Å². The van der Waals surface area contributed by atoms with Crippen LogP contribution >= 0.6 is 0 Å². The molecule has 6 nitrogen and oxygen atoms in total. The van der Waals surface area contributed by atoms with Crippen LogP contribution in [0, 0.1) is 0 Å². The second-order valence-corrected chi connectivity index (χ2v) is 9.09. The van der Waals surface area contributed by atoms with Gasteiger partial charge in [-0.25, -0.2) is 4.98 Å². The molecule has 1 aliphatic rings. The lowest BCUT2D eigenvalue weighted by Gasteiger charge is -2.22. The summed E-state index contributed by atoms with van der Waals surface area (Å²) in [7, 11) is 0. The Hall–Kier alpha value is -3.12. The maximum Gasteiger partial charge on any atom is 0.251 e. The molecular weight excluding hydrogens is 424 g/mol. The number of ether oxygens (including phenoxy) is 1. The van der Waals surface area contributed by atoms with Crippen molar-refractivity contribution in [1.29, 1.82) is 0 Å². The van der Waals surface area contributed by atoms with Crippen molar-refractivity contribution in [3.05, 3.63) is 82.9 Å². The van der Waals surface area contributed by atoms with Crippen LogP contribution in [0.1, 0.15) is 65.3 Å². The fraction of sp³-hybridized carbons (Fsp3) is 0.429. The number of imidazole rings is 1. The lowest BCUT2D eigenvalue weighted by Crippen LogP contribution is -2.26. The maximum atomic E-state index is 12.8. The van der Waals surface area contributed by atoms with E-state index in [9.17, 15) is 4.79 Å². The quantitative estimate of drug-likeness (QED) is 0.557. The van der Waals surface area contributed by atoms with Gasteiger partial charge < -0.3 is 15.0 Å². The summed E-state index contributed by atoms with van der Waals surface area (Å²) >= 11 is 0. The number of aromatic amines is 1. The largest absolute Gasteiger partial charge is 0.493 e. The molecule has 0 spiro atoms. The van der Waals surface area contributed by atoms with Gasteiger partial charge >= 0.3 is 0 Å². The van der Waals surface area contributed by atoms with E-state index < -0.39 is 0 Å². The zero-order valence-corrected chi connectivity index (χ0v) is 20.2. The van der Waals surface area contributed by atoms with Gasteiger partial charge in [0.05, 0.1) is 12.9 Å². The van der Waals surface area contributed by atoms with Crippen LogP contribution in [-0.4, -0.2) is 47.0 Å². The van der Waals surface area contributed by atoms with Gasteiger partial charge in [0.1, 0.15) is 5.75 Å². The predicted octanol–water partition coefficient (Wildman–Crippen LogP) is 4.75. The number of rotatable bonds is 6. The summed E-state index contributed by atoms with van der Waals surface area (Å²) in [6, 6.07) is 14.6. The number of benzene rings is 2. The Morgan fingerprint density at radius 1 is 1.15 bits per heavy atom. The van der Waals surface area contributed by atoms with Crippen molar-refractivity contribution in [2.24, 2.45) is 0 Å². The fourth-order valence-electron chi connectivity index (χ4n) is 4.53. The monoisotopic (exact) mass is 460 g/mol. The third-order valence-corrected chi connectivity index (χ3v) is 6.27. The molecule has 0 saturated carbocycles. The number of nitrogens with zero attached hydrogens (tertiary/aromatic N) is 2. The van der Waals surface area contributed by atoms with Crippen LogP contribution in [0.25, 0.3) is 0 Å². The Morgan fingerprint density at radius 3 is 2.91 bits per heavy atom. The van der Waals surface area contributed by atoms with Crippen molar-refractivity contribution in [1.82, 2.24) is 20.2 Å². The Labute approximate surface area is 202 Å². The van der Waals surface area contributed by atoms with Gasteiger partial charge in [0.25, 0.3) is 5.91 Å². The molecule has 0 fully saturated rings. The number of amides is 1. The summed E-state index contributed by atoms with van der Waals surface area (Å²) in [5.74, 6) is 0.815. The molecule has 0 saturated heterocycles. The topological polar surface area (TPSA) is 70.2 Å². The molecule has 0 radical (unpaired) electrons. The molecule has 34 heavy (non-hydrogen) atoms. The first-order valence-corrected chi connectivity index (χ1v) is 12.5. The standard InChI is InChI=1S/C28H36N4O2/c1-2-13-32-14-4-3-5-15-34-27-10-9-24(28(33)30-12-11-26-19-29-21-31-26)18-25(27)17-22-7-6-8-23(16-22)20-32/h6-10,16,18-19,21H,2-5,11-15,17,20H2,1H3,(H,29,31)(H,30,33). The van der Waals surface area contributed by atoms with Gasteiger partial charge in [0.2, 0.25) is 0 Å². The van der Waals surface area contributed by atoms with Crippen LogP contribution in [-0.2, 0) is 19.4 Å². The molecular formula is C28H36N4O2. The number of hydrogen-bond donors (Lipinski definition) is 2. The van der Waals surface area contributed by atoms with E-state index in [1.165, 1.54) is 24.0 Å². The zero-order chi connectivity index (χ0) is 23.6. The van der Waals surface area contributed by atoms with Crippen LogP contribution in [0.2, 0.25) is 0 Å². The highest BCUT2D eigenvalue weighted by Gasteiger charge is 2.13. The molecule has 4 rings (SSSR count). The number of fused-ring (bicyclic) bond motifs is 3. The summed E-state index contributed by atoms with van der Waals surface area (Å²) < 4.78 is 6.19. The minimum absolute atomic E-state index is 0.0642. The third-order valence-electron chi connectivity index (χ3n) is 6.27. The normalized spacial score (nSPS) is 15.1. The first-order valence-electron chi connectivity index (χ1n) is 12.5. The molecule has 2 heterocycles. The van der Waals surface area contributed by atoms with E-state index in [0.717, 1.165) is 62.3 Å². The molecule has 1 aromatic heterocycles. The Morgan fingerprint density at radius 2 is 2.06 bits per heavy atom. The highest BCUT2D eigenvalue weighted by molar-refractivity contribution is 5.94. The van der Waals surface area contributed by atoms with E-state index in [0.29, 0.717) is 18.7 Å². The summed E-state index contributed by atoms with van der Waals surface area (Å²) in [6.07, 6.45) is 9.46. The molecule has 0 aliphatic carbocycles. The summed E-state index contributed by atoms with van der Waals surface area (Å²) in [4.78, 5) is 22.5. The highest BCUT2D eigenvalue weighted by Crippen LogP contribution is 2.25. The second kappa shape index (κ2) is 12.4. The number of nitrogens with one attached hydrogen (secondary N) is 2. The first kappa shape index (κ1) is 24.0. The fourth-order valence-corrected chi connectivity index (χ4v) is 4.53. The number of H-pyrrole nitrogens is 1. The summed E-state index contributed by atoms with van der Waals surface area (Å²) in [6.45, 7) is 6.76. The van der Waals surface area contributed by atoms with E-state index in [-0.39, 0.29) is 5.91 Å². The van der Waals surface area contributed by atoms with Crippen molar-refractivity contribution in [2.45, 2.75) is 52.0 Å². The lowest BCUT2D eigenvalue weighted by atomic mass is 9.99. The molecule has 2 bridgehead atoms. The van der Waals surface area contributed by atoms with E-state index in [4.69, 9.17) is 4.74 Å². The SMILES string of the molecule is CCCN1CCCCCOc2ccc(C(=O)NCCc3cnc[nH]3)cc2Cc2cccc(c2)C1. The van der Waals surface area contributed by atoms with Crippen molar-refractivity contribution < 1.29 is 9.53 Å². The number of hydrogen-bond acceptors (Lipinski definition) is 4. The van der Waals surface area contributed by atoms with Gasteiger partial charge in [-0.05, 0) is 73.7 Å². The van der Waals surface area contributed by atoms with E-state index >= 15 is 0 Å². The van der Waals surface area contributed by atoms with Gasteiger partial charge in [0.15, 0.2) is 0 Å². The van der Waals surface area contributed by atoms with Gasteiger partial charge in [0, 0.05) is 43.4 Å². The number of carbonyl (C=O) groups is 1. The minimum Gasteiger partial charge on any atom is -0.493 e. The van der Waals surface area contributed by atoms with Crippen LogP contribution in [0.4, 0.5) is 0 Å². The van der Waals surface area contributed by atoms with E-state index in [1.54, 1.807) is 12.5 Å². The molecule has 0 atom stereocenters. The van der Waals surface area contributed by atoms with Gasteiger partial charge in [-0.3, -0.25) is 9.69 Å². The summed E-state index contributed by atoms with van der Waals surface area (Å²) in [5, 5.41) is 3.02. The molecule has 2 aromatic carbocycles. The molecule has 6 heteroatoms. The smallest absolute Gasteiger partial charge is 0.251 e. The molecule has 3 aromatic rings. The average Bonchev–Trinajstić information content (AvgIpc) is 3.35. The molecule has 2 N–H and O–H groups in total. The van der Waals surface area contributed by atoms with Crippen molar-refractivity contribution in [3.8, 4) is 5.75 Å². The Kier molecular flexibility index (Phi) is 8.74. The van der Waals surface area contributed by atoms with Crippen LogP contribution in [0.3, 0.4) is 0 Å². The van der Waals surface area contributed by atoms with Crippen LogP contribution in [0.5, 0.6) is 5.75 Å². The molecule has 180 valence electrons.